The fourth-order valence-corrected chi connectivity index (χ4v) is 1.49. The number of amides is 1. The van der Waals surface area contributed by atoms with Crippen LogP contribution in [0.5, 0.6) is 0 Å². The summed E-state index contributed by atoms with van der Waals surface area (Å²) >= 11 is 0. The van der Waals surface area contributed by atoms with Gasteiger partial charge in [-0.2, -0.15) is 13.2 Å². The standard InChI is InChI=1S/C12H10F3N3O2/c13-12(14,15)7-20-17-11(19)10-6-16-8-18(10)9-4-2-1-3-5-9/h1-6,8H,7H2,(H,17,19). The Labute approximate surface area is 111 Å². The lowest BCUT2D eigenvalue weighted by Crippen LogP contribution is -2.30. The van der Waals surface area contributed by atoms with Gasteiger partial charge in [0.25, 0.3) is 5.91 Å². The zero-order valence-corrected chi connectivity index (χ0v) is 10.1. The highest BCUT2D eigenvalue weighted by molar-refractivity contribution is 5.92. The van der Waals surface area contributed by atoms with E-state index in [1.807, 2.05) is 0 Å². The third-order valence-electron chi connectivity index (χ3n) is 2.31. The molecule has 2 aromatic rings. The van der Waals surface area contributed by atoms with Crippen LogP contribution < -0.4 is 5.48 Å². The quantitative estimate of drug-likeness (QED) is 0.875. The van der Waals surface area contributed by atoms with Gasteiger partial charge in [0, 0.05) is 5.69 Å². The van der Waals surface area contributed by atoms with Gasteiger partial charge in [0.15, 0.2) is 6.61 Å². The maximum absolute atomic E-state index is 11.9. The van der Waals surface area contributed by atoms with Crippen molar-refractivity contribution in [3.63, 3.8) is 0 Å². The van der Waals surface area contributed by atoms with E-state index in [1.165, 1.54) is 17.1 Å². The number of carbonyl (C=O) groups is 1. The molecule has 5 nitrogen and oxygen atoms in total. The van der Waals surface area contributed by atoms with Crippen molar-refractivity contribution in [3.05, 3.63) is 48.5 Å². The largest absolute Gasteiger partial charge is 0.414 e. The van der Waals surface area contributed by atoms with Crippen molar-refractivity contribution in [3.8, 4) is 5.69 Å². The number of imidazole rings is 1. The first kappa shape index (κ1) is 14.1. The molecule has 0 aliphatic heterocycles. The van der Waals surface area contributed by atoms with E-state index in [1.54, 1.807) is 35.8 Å². The van der Waals surface area contributed by atoms with Crippen molar-refractivity contribution < 1.29 is 22.8 Å². The number of nitrogens with zero attached hydrogens (tertiary/aromatic N) is 2. The average molecular weight is 285 g/mol. The minimum Gasteiger partial charge on any atom is -0.295 e. The molecule has 1 amide bonds. The van der Waals surface area contributed by atoms with Crippen LogP contribution in [0, 0.1) is 0 Å². The highest BCUT2D eigenvalue weighted by Gasteiger charge is 2.28. The van der Waals surface area contributed by atoms with Crippen molar-refractivity contribution in [2.75, 3.05) is 6.61 Å². The molecule has 0 atom stereocenters. The summed E-state index contributed by atoms with van der Waals surface area (Å²) in [5.41, 5.74) is 2.46. The number of para-hydroxylation sites is 1. The number of alkyl halides is 3. The first-order valence-corrected chi connectivity index (χ1v) is 5.54. The van der Waals surface area contributed by atoms with Crippen molar-refractivity contribution in [1.82, 2.24) is 15.0 Å². The normalized spacial score (nSPS) is 11.3. The Hall–Kier alpha value is -2.35. The summed E-state index contributed by atoms with van der Waals surface area (Å²) in [6.45, 7) is -1.56. The van der Waals surface area contributed by atoms with Crippen LogP contribution in [0.25, 0.3) is 5.69 Å². The predicted octanol–water partition coefficient (Wildman–Crippen LogP) is 2.10. The molecule has 8 heteroatoms. The van der Waals surface area contributed by atoms with Gasteiger partial charge in [0.2, 0.25) is 0 Å². The molecule has 1 heterocycles. The summed E-state index contributed by atoms with van der Waals surface area (Å²) < 4.78 is 37.1. The van der Waals surface area contributed by atoms with Gasteiger partial charge in [0.1, 0.15) is 5.69 Å². The smallest absolute Gasteiger partial charge is 0.295 e. The number of hydroxylamine groups is 1. The topological polar surface area (TPSA) is 56.1 Å². The maximum atomic E-state index is 11.9. The molecular formula is C12H10F3N3O2. The van der Waals surface area contributed by atoms with Gasteiger partial charge in [0.05, 0.1) is 12.5 Å². The first-order chi connectivity index (χ1) is 9.47. The molecule has 0 unspecified atom stereocenters. The van der Waals surface area contributed by atoms with Crippen molar-refractivity contribution >= 4 is 5.91 Å². The Kier molecular flexibility index (Phi) is 4.04. The molecule has 1 aromatic heterocycles. The molecule has 0 saturated heterocycles. The van der Waals surface area contributed by atoms with Gasteiger partial charge in [-0.15, -0.1) is 0 Å². The molecule has 0 saturated carbocycles. The molecular weight excluding hydrogens is 275 g/mol. The first-order valence-electron chi connectivity index (χ1n) is 5.54. The second-order valence-electron chi connectivity index (χ2n) is 3.82. The van der Waals surface area contributed by atoms with Gasteiger partial charge < -0.3 is 0 Å². The maximum Gasteiger partial charge on any atom is 0.414 e. The third kappa shape index (κ3) is 3.58. The number of aromatic nitrogens is 2. The van der Waals surface area contributed by atoms with Crippen LogP contribution in [0.3, 0.4) is 0 Å². The second kappa shape index (κ2) is 5.74. The Balaban J connectivity index is 2.07. The fourth-order valence-electron chi connectivity index (χ4n) is 1.49. The van der Waals surface area contributed by atoms with Crippen molar-refractivity contribution in [1.29, 1.82) is 0 Å². The van der Waals surface area contributed by atoms with Crippen LogP contribution in [-0.4, -0.2) is 28.2 Å². The molecule has 1 N–H and O–H groups in total. The highest BCUT2D eigenvalue weighted by Crippen LogP contribution is 2.14. The van der Waals surface area contributed by atoms with E-state index >= 15 is 0 Å². The molecule has 0 bridgehead atoms. The highest BCUT2D eigenvalue weighted by atomic mass is 19.4. The summed E-state index contributed by atoms with van der Waals surface area (Å²) in [6, 6.07) is 8.78. The van der Waals surface area contributed by atoms with Crippen LogP contribution in [0.15, 0.2) is 42.9 Å². The monoisotopic (exact) mass is 285 g/mol. The zero-order valence-electron chi connectivity index (χ0n) is 10.1. The Bertz CT molecular complexity index is 581. The van der Waals surface area contributed by atoms with E-state index in [0.29, 0.717) is 5.69 Å². The summed E-state index contributed by atoms with van der Waals surface area (Å²) in [6.07, 6.45) is -1.89. The van der Waals surface area contributed by atoms with E-state index < -0.39 is 18.7 Å². The minimum atomic E-state index is -4.51. The predicted molar refractivity (Wildman–Crippen MR) is 63.0 cm³/mol. The molecule has 0 fully saturated rings. The minimum absolute atomic E-state index is 0.0679. The lowest BCUT2D eigenvalue weighted by atomic mass is 10.3. The van der Waals surface area contributed by atoms with Crippen LogP contribution >= 0.6 is 0 Å². The molecule has 0 aliphatic carbocycles. The molecule has 0 aliphatic rings. The van der Waals surface area contributed by atoms with E-state index in [4.69, 9.17) is 0 Å². The Morgan fingerprint density at radius 2 is 2.00 bits per heavy atom. The Morgan fingerprint density at radius 3 is 2.65 bits per heavy atom. The summed E-state index contributed by atoms with van der Waals surface area (Å²) in [5, 5.41) is 0. The molecule has 2 rings (SSSR count). The number of nitrogens with one attached hydrogen (secondary N) is 1. The van der Waals surface area contributed by atoms with Crippen LogP contribution in [0.4, 0.5) is 13.2 Å². The van der Waals surface area contributed by atoms with E-state index in [9.17, 15) is 18.0 Å². The van der Waals surface area contributed by atoms with Gasteiger partial charge in [-0.25, -0.2) is 10.5 Å². The van der Waals surface area contributed by atoms with E-state index in [0.717, 1.165) is 0 Å². The van der Waals surface area contributed by atoms with Gasteiger partial charge in [-0.3, -0.25) is 14.2 Å². The molecule has 20 heavy (non-hydrogen) atoms. The molecule has 106 valence electrons. The average Bonchev–Trinajstić information content (AvgIpc) is 2.87. The Morgan fingerprint density at radius 1 is 1.30 bits per heavy atom. The summed E-state index contributed by atoms with van der Waals surface area (Å²) in [7, 11) is 0. The van der Waals surface area contributed by atoms with Gasteiger partial charge >= 0.3 is 6.18 Å². The van der Waals surface area contributed by atoms with Crippen molar-refractivity contribution in [2.24, 2.45) is 0 Å². The fraction of sp³-hybridized carbons (Fsp3) is 0.167. The number of hydrogen-bond acceptors (Lipinski definition) is 3. The SMILES string of the molecule is O=C(NOCC(F)(F)F)c1cncn1-c1ccccc1. The lowest BCUT2D eigenvalue weighted by molar-refractivity contribution is -0.184. The number of rotatable bonds is 4. The van der Waals surface area contributed by atoms with Crippen molar-refractivity contribution in [2.45, 2.75) is 6.18 Å². The number of carbonyl (C=O) groups excluding carboxylic acids is 1. The van der Waals surface area contributed by atoms with Crippen LogP contribution in [0.2, 0.25) is 0 Å². The number of hydrogen-bond donors (Lipinski definition) is 1. The van der Waals surface area contributed by atoms with E-state index in [-0.39, 0.29) is 5.69 Å². The zero-order chi connectivity index (χ0) is 14.6. The molecule has 0 radical (unpaired) electrons. The van der Waals surface area contributed by atoms with Crippen LogP contribution in [0.1, 0.15) is 10.5 Å². The lowest BCUT2D eigenvalue weighted by Gasteiger charge is -2.10. The van der Waals surface area contributed by atoms with Crippen LogP contribution in [-0.2, 0) is 4.84 Å². The second-order valence-corrected chi connectivity index (χ2v) is 3.82. The summed E-state index contributed by atoms with van der Waals surface area (Å²) in [4.78, 5) is 19.6. The number of benzene rings is 1. The molecule has 0 spiro atoms. The molecule has 1 aromatic carbocycles. The number of halogens is 3. The van der Waals surface area contributed by atoms with Gasteiger partial charge in [-0.05, 0) is 12.1 Å². The third-order valence-corrected chi connectivity index (χ3v) is 2.31. The van der Waals surface area contributed by atoms with Gasteiger partial charge in [-0.1, -0.05) is 18.2 Å². The van der Waals surface area contributed by atoms with E-state index in [2.05, 4.69) is 9.82 Å². The summed E-state index contributed by atoms with van der Waals surface area (Å²) in [5.74, 6) is -0.810.